The van der Waals surface area contributed by atoms with Crippen LogP contribution in [0.4, 0.5) is 0 Å². The number of imidazole rings is 1. The molecule has 3 nitrogen and oxygen atoms in total. The summed E-state index contributed by atoms with van der Waals surface area (Å²) in [5.74, 6) is 2.85. The minimum absolute atomic E-state index is 0.689. The standard InChI is InChI=1S/C14H23N3/c1-2-10-3-4-11(7-10)14-16-9-13(17-14)8-15-12-5-6-12/h9-12,15H,2-8H2,1H3,(H,16,17). The molecule has 0 bridgehead atoms. The van der Waals surface area contributed by atoms with Crippen LogP contribution in [0.1, 0.15) is 62.9 Å². The largest absolute Gasteiger partial charge is 0.345 e. The lowest BCUT2D eigenvalue weighted by Gasteiger charge is -2.07. The zero-order valence-electron chi connectivity index (χ0n) is 10.7. The number of hydrogen-bond donors (Lipinski definition) is 2. The van der Waals surface area contributed by atoms with E-state index in [0.29, 0.717) is 5.92 Å². The molecule has 0 spiro atoms. The Bertz CT molecular complexity index is 367. The molecule has 1 heterocycles. The summed E-state index contributed by atoms with van der Waals surface area (Å²) in [6, 6.07) is 0.776. The third-order valence-electron chi connectivity index (χ3n) is 4.31. The molecule has 0 aromatic carbocycles. The Hall–Kier alpha value is -0.830. The number of H-pyrrole nitrogens is 1. The van der Waals surface area contributed by atoms with E-state index in [2.05, 4.69) is 22.2 Å². The summed E-state index contributed by atoms with van der Waals surface area (Å²) in [5, 5.41) is 3.53. The van der Waals surface area contributed by atoms with Gasteiger partial charge < -0.3 is 10.3 Å². The number of aromatic nitrogens is 2. The number of nitrogens with one attached hydrogen (secondary N) is 2. The lowest BCUT2D eigenvalue weighted by molar-refractivity contribution is 0.517. The van der Waals surface area contributed by atoms with Crippen LogP contribution in [0.15, 0.2) is 6.20 Å². The van der Waals surface area contributed by atoms with Crippen LogP contribution in [0.2, 0.25) is 0 Å². The third kappa shape index (κ3) is 2.71. The highest BCUT2D eigenvalue weighted by Crippen LogP contribution is 2.38. The van der Waals surface area contributed by atoms with Crippen LogP contribution in [0.25, 0.3) is 0 Å². The Kier molecular flexibility index (Phi) is 3.19. The van der Waals surface area contributed by atoms with Crippen LogP contribution in [-0.2, 0) is 6.54 Å². The molecular formula is C14H23N3. The molecule has 1 aromatic heterocycles. The summed E-state index contributed by atoms with van der Waals surface area (Å²) < 4.78 is 0. The molecule has 2 aliphatic carbocycles. The fraction of sp³-hybridized carbons (Fsp3) is 0.786. The monoisotopic (exact) mass is 233 g/mol. The molecule has 0 radical (unpaired) electrons. The summed E-state index contributed by atoms with van der Waals surface area (Å²) in [6.45, 7) is 3.27. The van der Waals surface area contributed by atoms with Crippen LogP contribution >= 0.6 is 0 Å². The molecule has 2 fully saturated rings. The first kappa shape index (κ1) is 11.3. The maximum absolute atomic E-state index is 4.57. The lowest BCUT2D eigenvalue weighted by atomic mass is 10.0. The first-order valence-electron chi connectivity index (χ1n) is 7.12. The predicted octanol–water partition coefficient (Wildman–Crippen LogP) is 2.96. The molecule has 0 aliphatic heterocycles. The van der Waals surface area contributed by atoms with E-state index >= 15 is 0 Å². The lowest BCUT2D eigenvalue weighted by Crippen LogP contribution is -2.15. The molecule has 2 atom stereocenters. The molecule has 1 aromatic rings. The average Bonchev–Trinajstić information content (AvgIpc) is 2.89. The van der Waals surface area contributed by atoms with E-state index in [9.17, 15) is 0 Å². The summed E-state index contributed by atoms with van der Waals surface area (Å²) >= 11 is 0. The molecule has 2 unspecified atom stereocenters. The van der Waals surface area contributed by atoms with E-state index in [4.69, 9.17) is 0 Å². The fourth-order valence-corrected chi connectivity index (χ4v) is 2.91. The topological polar surface area (TPSA) is 40.7 Å². The summed E-state index contributed by atoms with van der Waals surface area (Å²) in [6.07, 6.45) is 10.1. The molecule has 94 valence electrons. The molecule has 2 aliphatic rings. The van der Waals surface area contributed by atoms with Crippen molar-refractivity contribution in [3.63, 3.8) is 0 Å². The molecular weight excluding hydrogens is 210 g/mol. The van der Waals surface area contributed by atoms with Crippen molar-refractivity contribution in [3.8, 4) is 0 Å². The minimum Gasteiger partial charge on any atom is -0.345 e. The molecule has 0 amide bonds. The van der Waals surface area contributed by atoms with Gasteiger partial charge in [-0.05, 0) is 38.0 Å². The number of aromatic amines is 1. The van der Waals surface area contributed by atoms with Crippen LogP contribution in [0.5, 0.6) is 0 Å². The quantitative estimate of drug-likeness (QED) is 0.821. The second kappa shape index (κ2) is 4.81. The van der Waals surface area contributed by atoms with E-state index in [1.54, 1.807) is 0 Å². The van der Waals surface area contributed by atoms with Gasteiger partial charge in [-0.15, -0.1) is 0 Å². The predicted molar refractivity (Wildman–Crippen MR) is 68.8 cm³/mol. The zero-order chi connectivity index (χ0) is 11.7. The summed E-state index contributed by atoms with van der Waals surface area (Å²) in [4.78, 5) is 8.08. The van der Waals surface area contributed by atoms with Gasteiger partial charge in [-0.1, -0.05) is 13.3 Å². The van der Waals surface area contributed by atoms with Crippen molar-refractivity contribution in [2.24, 2.45) is 5.92 Å². The van der Waals surface area contributed by atoms with Gasteiger partial charge in [-0.2, -0.15) is 0 Å². The Morgan fingerprint density at radius 2 is 2.24 bits per heavy atom. The Balaban J connectivity index is 1.56. The molecule has 3 heteroatoms. The van der Waals surface area contributed by atoms with E-state index < -0.39 is 0 Å². The number of hydrogen-bond acceptors (Lipinski definition) is 2. The van der Waals surface area contributed by atoms with Gasteiger partial charge in [0.05, 0.1) is 0 Å². The number of nitrogens with zero attached hydrogens (tertiary/aromatic N) is 1. The van der Waals surface area contributed by atoms with Crippen molar-refractivity contribution < 1.29 is 0 Å². The van der Waals surface area contributed by atoms with Gasteiger partial charge in [0.25, 0.3) is 0 Å². The van der Waals surface area contributed by atoms with E-state index in [0.717, 1.165) is 18.5 Å². The minimum atomic E-state index is 0.689. The van der Waals surface area contributed by atoms with Gasteiger partial charge in [0, 0.05) is 30.4 Å². The van der Waals surface area contributed by atoms with Gasteiger partial charge in [0.2, 0.25) is 0 Å². The van der Waals surface area contributed by atoms with Crippen molar-refractivity contribution in [2.45, 2.75) is 64.0 Å². The molecule has 3 rings (SSSR count). The Labute approximate surface area is 103 Å². The molecule has 17 heavy (non-hydrogen) atoms. The highest BCUT2D eigenvalue weighted by molar-refractivity contribution is 5.07. The Morgan fingerprint density at radius 3 is 2.94 bits per heavy atom. The number of rotatable bonds is 5. The van der Waals surface area contributed by atoms with E-state index in [1.165, 1.54) is 50.0 Å². The van der Waals surface area contributed by atoms with Crippen molar-refractivity contribution >= 4 is 0 Å². The highest BCUT2D eigenvalue weighted by Gasteiger charge is 2.26. The molecule has 2 saturated carbocycles. The van der Waals surface area contributed by atoms with Crippen molar-refractivity contribution in [1.29, 1.82) is 0 Å². The normalized spacial score (nSPS) is 28.8. The van der Waals surface area contributed by atoms with E-state index in [-0.39, 0.29) is 0 Å². The summed E-state index contributed by atoms with van der Waals surface area (Å²) in [5.41, 5.74) is 1.26. The van der Waals surface area contributed by atoms with Crippen molar-refractivity contribution in [1.82, 2.24) is 15.3 Å². The highest BCUT2D eigenvalue weighted by atomic mass is 15.0. The smallest absolute Gasteiger partial charge is 0.109 e. The average molecular weight is 233 g/mol. The first-order valence-corrected chi connectivity index (χ1v) is 7.12. The molecule has 2 N–H and O–H groups in total. The van der Waals surface area contributed by atoms with Crippen LogP contribution < -0.4 is 5.32 Å². The fourth-order valence-electron chi connectivity index (χ4n) is 2.91. The zero-order valence-corrected chi connectivity index (χ0v) is 10.7. The van der Waals surface area contributed by atoms with Crippen LogP contribution in [0, 0.1) is 5.92 Å². The maximum Gasteiger partial charge on any atom is 0.109 e. The summed E-state index contributed by atoms with van der Waals surface area (Å²) in [7, 11) is 0. The second-order valence-corrected chi connectivity index (χ2v) is 5.73. The van der Waals surface area contributed by atoms with E-state index in [1.807, 2.05) is 6.20 Å². The molecule has 0 saturated heterocycles. The van der Waals surface area contributed by atoms with Gasteiger partial charge >= 0.3 is 0 Å². The Morgan fingerprint density at radius 1 is 1.35 bits per heavy atom. The van der Waals surface area contributed by atoms with Gasteiger partial charge in [0.1, 0.15) is 5.82 Å². The third-order valence-corrected chi connectivity index (χ3v) is 4.31. The van der Waals surface area contributed by atoms with Crippen LogP contribution in [0.3, 0.4) is 0 Å². The van der Waals surface area contributed by atoms with Crippen molar-refractivity contribution in [3.05, 3.63) is 17.7 Å². The maximum atomic E-state index is 4.57. The van der Waals surface area contributed by atoms with Gasteiger partial charge in [-0.3, -0.25) is 0 Å². The van der Waals surface area contributed by atoms with Gasteiger partial charge in [-0.25, -0.2) is 4.98 Å². The SMILES string of the molecule is CCC1CCC(c2ncc(CNC3CC3)[nH]2)C1. The van der Waals surface area contributed by atoms with Crippen molar-refractivity contribution in [2.75, 3.05) is 0 Å². The first-order chi connectivity index (χ1) is 8.35. The van der Waals surface area contributed by atoms with Gasteiger partial charge in [0.15, 0.2) is 0 Å². The van der Waals surface area contributed by atoms with Crippen LogP contribution in [-0.4, -0.2) is 16.0 Å². The second-order valence-electron chi connectivity index (χ2n) is 5.73.